The van der Waals surface area contributed by atoms with E-state index in [-0.39, 0.29) is 6.10 Å². The van der Waals surface area contributed by atoms with Gasteiger partial charge in [-0.2, -0.15) is 5.10 Å². The Labute approximate surface area is 91.3 Å². The third-order valence-electron chi connectivity index (χ3n) is 2.41. The van der Waals surface area contributed by atoms with Gasteiger partial charge in [-0.05, 0) is 39.3 Å². The maximum atomic E-state index is 9.09. The molecule has 0 aliphatic heterocycles. The second-order valence-electron chi connectivity index (χ2n) is 4.05. The lowest BCUT2D eigenvalue weighted by Gasteiger charge is -2.14. The highest BCUT2D eigenvalue weighted by atomic mass is 16.3. The summed E-state index contributed by atoms with van der Waals surface area (Å²) in [4.78, 5) is 0. The number of hydrogen-bond donors (Lipinski definition) is 2. The van der Waals surface area contributed by atoms with Gasteiger partial charge in [0.1, 0.15) is 0 Å². The summed E-state index contributed by atoms with van der Waals surface area (Å²) in [5, 5.41) is 16.6. The summed E-state index contributed by atoms with van der Waals surface area (Å²) in [5.41, 5.74) is 0. The summed E-state index contributed by atoms with van der Waals surface area (Å²) < 4.78 is 1.94. The van der Waals surface area contributed by atoms with Crippen molar-refractivity contribution in [3.63, 3.8) is 0 Å². The predicted molar refractivity (Wildman–Crippen MR) is 60.6 cm³/mol. The van der Waals surface area contributed by atoms with Crippen molar-refractivity contribution in [1.29, 1.82) is 0 Å². The molecule has 2 unspecified atom stereocenters. The molecule has 0 aliphatic rings. The molecule has 1 rings (SSSR count). The Morgan fingerprint density at radius 3 is 2.80 bits per heavy atom. The van der Waals surface area contributed by atoms with E-state index in [0.717, 1.165) is 25.9 Å². The quantitative estimate of drug-likeness (QED) is 0.708. The highest BCUT2D eigenvalue weighted by Gasteiger charge is 2.02. The van der Waals surface area contributed by atoms with E-state index in [1.807, 2.05) is 23.9 Å². The molecule has 2 atom stereocenters. The second kappa shape index (κ2) is 6.58. The van der Waals surface area contributed by atoms with Crippen LogP contribution in [0.4, 0.5) is 0 Å². The number of aliphatic hydroxyl groups excluding tert-OH is 1. The first kappa shape index (κ1) is 12.2. The molecule has 86 valence electrons. The van der Waals surface area contributed by atoms with Gasteiger partial charge in [0.25, 0.3) is 0 Å². The third-order valence-corrected chi connectivity index (χ3v) is 2.41. The lowest BCUT2D eigenvalue weighted by atomic mass is 10.2. The summed E-state index contributed by atoms with van der Waals surface area (Å²) in [6, 6.07) is 2.40. The van der Waals surface area contributed by atoms with Gasteiger partial charge in [-0.3, -0.25) is 4.68 Å². The summed E-state index contributed by atoms with van der Waals surface area (Å²) in [5.74, 6) is 0. The molecule has 1 aromatic heterocycles. The van der Waals surface area contributed by atoms with E-state index in [2.05, 4.69) is 17.3 Å². The normalized spacial score (nSPS) is 15.1. The van der Waals surface area contributed by atoms with Crippen molar-refractivity contribution < 1.29 is 5.11 Å². The van der Waals surface area contributed by atoms with Gasteiger partial charge in [-0.25, -0.2) is 0 Å². The summed E-state index contributed by atoms with van der Waals surface area (Å²) in [6.07, 6.45) is 5.43. The third kappa shape index (κ3) is 5.54. The summed E-state index contributed by atoms with van der Waals surface area (Å²) in [7, 11) is 0. The van der Waals surface area contributed by atoms with Gasteiger partial charge in [-0.1, -0.05) is 0 Å². The zero-order valence-electron chi connectivity index (χ0n) is 9.56. The fourth-order valence-electron chi connectivity index (χ4n) is 1.40. The van der Waals surface area contributed by atoms with E-state index in [4.69, 9.17) is 5.11 Å². The number of nitrogens with zero attached hydrogens (tertiary/aromatic N) is 2. The van der Waals surface area contributed by atoms with Crippen LogP contribution in [-0.4, -0.2) is 33.6 Å². The van der Waals surface area contributed by atoms with Crippen molar-refractivity contribution in [2.45, 2.75) is 45.4 Å². The summed E-state index contributed by atoms with van der Waals surface area (Å²) >= 11 is 0. The highest BCUT2D eigenvalue weighted by molar-refractivity contribution is 4.78. The molecule has 0 bridgehead atoms. The second-order valence-corrected chi connectivity index (χ2v) is 4.05. The van der Waals surface area contributed by atoms with Crippen molar-refractivity contribution >= 4 is 0 Å². The standard InChI is InChI=1S/C11H21N3O/c1-10(12-7-4-11(2)15)5-9-14-8-3-6-13-14/h3,6,8,10-12,15H,4-5,7,9H2,1-2H3. The Morgan fingerprint density at radius 1 is 1.40 bits per heavy atom. The Kier molecular flexibility index (Phi) is 5.36. The topological polar surface area (TPSA) is 50.1 Å². The van der Waals surface area contributed by atoms with Crippen molar-refractivity contribution in [1.82, 2.24) is 15.1 Å². The lowest BCUT2D eigenvalue weighted by Crippen LogP contribution is -2.29. The molecule has 0 saturated heterocycles. The number of aliphatic hydroxyl groups is 1. The Balaban J connectivity index is 2.06. The largest absolute Gasteiger partial charge is 0.393 e. The van der Waals surface area contributed by atoms with Gasteiger partial charge in [0.05, 0.1) is 6.10 Å². The SMILES string of the molecule is CC(O)CCNC(C)CCn1cccn1. The highest BCUT2D eigenvalue weighted by Crippen LogP contribution is 1.96. The van der Waals surface area contributed by atoms with Crippen molar-refractivity contribution in [2.75, 3.05) is 6.54 Å². The van der Waals surface area contributed by atoms with E-state index < -0.39 is 0 Å². The maximum absolute atomic E-state index is 9.09. The molecule has 0 aliphatic carbocycles. The van der Waals surface area contributed by atoms with Crippen molar-refractivity contribution in [3.05, 3.63) is 18.5 Å². The minimum Gasteiger partial charge on any atom is -0.393 e. The molecular weight excluding hydrogens is 190 g/mol. The van der Waals surface area contributed by atoms with Crippen molar-refractivity contribution in [3.8, 4) is 0 Å². The van der Waals surface area contributed by atoms with Gasteiger partial charge in [-0.15, -0.1) is 0 Å². The van der Waals surface area contributed by atoms with Gasteiger partial charge >= 0.3 is 0 Å². The van der Waals surface area contributed by atoms with Gasteiger partial charge in [0.15, 0.2) is 0 Å². The van der Waals surface area contributed by atoms with Gasteiger partial charge < -0.3 is 10.4 Å². The maximum Gasteiger partial charge on any atom is 0.0524 e. The molecule has 1 heterocycles. The van der Waals surface area contributed by atoms with Crippen LogP contribution in [-0.2, 0) is 6.54 Å². The monoisotopic (exact) mass is 211 g/mol. The van der Waals surface area contributed by atoms with Crippen molar-refractivity contribution in [2.24, 2.45) is 0 Å². The molecule has 0 spiro atoms. The zero-order chi connectivity index (χ0) is 11.1. The molecular formula is C11H21N3O. The number of aromatic nitrogens is 2. The first-order chi connectivity index (χ1) is 7.18. The predicted octanol–water partition coefficient (Wildman–Crippen LogP) is 1.02. The number of aryl methyl sites for hydroxylation is 1. The molecule has 0 radical (unpaired) electrons. The van der Waals surface area contributed by atoms with Crippen LogP contribution in [0.25, 0.3) is 0 Å². The molecule has 0 saturated carbocycles. The Hall–Kier alpha value is -0.870. The average molecular weight is 211 g/mol. The van der Waals surface area contributed by atoms with Crippen LogP contribution in [0.3, 0.4) is 0 Å². The first-order valence-corrected chi connectivity index (χ1v) is 5.57. The van der Waals surface area contributed by atoms with Crippen LogP contribution in [0.5, 0.6) is 0 Å². The minimum atomic E-state index is -0.212. The van der Waals surface area contributed by atoms with E-state index in [9.17, 15) is 0 Å². The van der Waals surface area contributed by atoms with Crippen LogP contribution < -0.4 is 5.32 Å². The molecule has 0 amide bonds. The molecule has 0 aromatic carbocycles. The fraction of sp³-hybridized carbons (Fsp3) is 0.727. The smallest absolute Gasteiger partial charge is 0.0524 e. The van der Waals surface area contributed by atoms with E-state index in [1.165, 1.54) is 0 Å². The van der Waals surface area contributed by atoms with Gasteiger partial charge in [0.2, 0.25) is 0 Å². The number of hydrogen-bond acceptors (Lipinski definition) is 3. The molecule has 4 nitrogen and oxygen atoms in total. The van der Waals surface area contributed by atoms with Crippen LogP contribution in [0, 0.1) is 0 Å². The first-order valence-electron chi connectivity index (χ1n) is 5.57. The molecule has 4 heteroatoms. The van der Waals surface area contributed by atoms with Gasteiger partial charge in [0, 0.05) is 25.0 Å². The van der Waals surface area contributed by atoms with E-state index in [0.29, 0.717) is 6.04 Å². The molecule has 0 fully saturated rings. The fourth-order valence-corrected chi connectivity index (χ4v) is 1.40. The van der Waals surface area contributed by atoms with E-state index in [1.54, 1.807) is 6.20 Å². The van der Waals surface area contributed by atoms with Crippen LogP contribution in [0.2, 0.25) is 0 Å². The Morgan fingerprint density at radius 2 is 2.20 bits per heavy atom. The molecule has 1 aromatic rings. The van der Waals surface area contributed by atoms with Crippen LogP contribution >= 0.6 is 0 Å². The zero-order valence-corrected chi connectivity index (χ0v) is 9.56. The summed E-state index contributed by atoms with van der Waals surface area (Å²) in [6.45, 7) is 5.79. The van der Waals surface area contributed by atoms with Crippen LogP contribution in [0.1, 0.15) is 26.7 Å². The average Bonchev–Trinajstić information content (AvgIpc) is 2.66. The lowest BCUT2D eigenvalue weighted by molar-refractivity contribution is 0.182. The number of nitrogens with one attached hydrogen (secondary N) is 1. The number of rotatable bonds is 7. The van der Waals surface area contributed by atoms with E-state index >= 15 is 0 Å². The molecule has 15 heavy (non-hydrogen) atoms. The van der Waals surface area contributed by atoms with Crippen LogP contribution in [0.15, 0.2) is 18.5 Å². The Bertz CT molecular complexity index is 246. The molecule has 2 N–H and O–H groups in total. The minimum absolute atomic E-state index is 0.212.